The third kappa shape index (κ3) is 5.04. The lowest BCUT2D eigenvalue weighted by molar-refractivity contribution is 0.117. The zero-order valence-corrected chi connectivity index (χ0v) is 14.0. The smallest absolute Gasteiger partial charge is 0.139 e. The summed E-state index contributed by atoms with van der Waals surface area (Å²) in [6.07, 6.45) is 0.974. The van der Waals surface area contributed by atoms with Crippen LogP contribution in [0.5, 0.6) is 5.75 Å². The number of hydrogen-bond donors (Lipinski definition) is 2. The Morgan fingerprint density at radius 3 is 2.81 bits per heavy atom. The molecule has 1 atom stereocenters. The third-order valence-electron chi connectivity index (χ3n) is 2.59. The van der Waals surface area contributed by atoms with E-state index in [0.29, 0.717) is 28.2 Å². The van der Waals surface area contributed by atoms with E-state index >= 15 is 0 Å². The standard InChI is InChI=1S/C14H13BrCl2N2O2/c15-9-4-5-13(18-6-9)19-7-10(20)8-21-12-3-1-2-11(16)14(12)17/h1-6,10,20H,7-8H2,(H,18,19). The van der Waals surface area contributed by atoms with Gasteiger partial charge >= 0.3 is 0 Å². The minimum absolute atomic E-state index is 0.101. The number of pyridine rings is 1. The number of ether oxygens (including phenoxy) is 1. The molecular formula is C14H13BrCl2N2O2. The molecule has 1 heterocycles. The number of benzene rings is 1. The highest BCUT2D eigenvalue weighted by Gasteiger charge is 2.09. The van der Waals surface area contributed by atoms with Crippen molar-refractivity contribution in [1.82, 2.24) is 4.98 Å². The number of nitrogens with one attached hydrogen (secondary N) is 1. The molecule has 0 radical (unpaired) electrons. The van der Waals surface area contributed by atoms with Gasteiger partial charge in [0.1, 0.15) is 29.3 Å². The average Bonchev–Trinajstić information content (AvgIpc) is 2.48. The maximum absolute atomic E-state index is 9.89. The Morgan fingerprint density at radius 2 is 2.10 bits per heavy atom. The summed E-state index contributed by atoms with van der Waals surface area (Å²) >= 11 is 15.2. The van der Waals surface area contributed by atoms with Gasteiger partial charge in [-0.2, -0.15) is 0 Å². The second-order valence-electron chi connectivity index (χ2n) is 4.26. The first kappa shape index (κ1) is 16.4. The number of halogens is 3. The molecule has 112 valence electrons. The lowest BCUT2D eigenvalue weighted by atomic mass is 10.3. The molecule has 0 aliphatic rings. The molecule has 1 unspecified atom stereocenters. The zero-order valence-electron chi connectivity index (χ0n) is 10.9. The van der Waals surface area contributed by atoms with Gasteiger partial charge in [0.15, 0.2) is 0 Å². The molecule has 4 nitrogen and oxygen atoms in total. The monoisotopic (exact) mass is 390 g/mol. The highest BCUT2D eigenvalue weighted by Crippen LogP contribution is 2.31. The SMILES string of the molecule is OC(CNc1ccc(Br)cn1)COc1cccc(Cl)c1Cl. The second kappa shape index (κ2) is 7.84. The minimum Gasteiger partial charge on any atom is -0.489 e. The van der Waals surface area contributed by atoms with Gasteiger partial charge < -0.3 is 15.2 Å². The van der Waals surface area contributed by atoms with E-state index < -0.39 is 6.10 Å². The molecule has 0 aliphatic carbocycles. The summed E-state index contributed by atoms with van der Waals surface area (Å²) in [6, 6.07) is 8.79. The van der Waals surface area contributed by atoms with Crippen molar-refractivity contribution < 1.29 is 9.84 Å². The first-order chi connectivity index (χ1) is 10.1. The van der Waals surface area contributed by atoms with E-state index in [1.165, 1.54) is 0 Å². The van der Waals surface area contributed by atoms with Crippen LogP contribution in [0.25, 0.3) is 0 Å². The van der Waals surface area contributed by atoms with E-state index in [1.54, 1.807) is 24.4 Å². The fourth-order valence-electron chi connectivity index (χ4n) is 1.54. The molecule has 0 fully saturated rings. The summed E-state index contributed by atoms with van der Waals surface area (Å²) in [5.41, 5.74) is 0. The fraction of sp³-hybridized carbons (Fsp3) is 0.214. The number of nitrogens with zero attached hydrogens (tertiary/aromatic N) is 1. The third-order valence-corrected chi connectivity index (χ3v) is 3.86. The summed E-state index contributed by atoms with van der Waals surface area (Å²) in [5.74, 6) is 1.13. The van der Waals surface area contributed by atoms with Gasteiger partial charge in [-0.3, -0.25) is 0 Å². The normalized spacial score (nSPS) is 12.0. The molecule has 0 amide bonds. The number of anilines is 1. The van der Waals surface area contributed by atoms with Crippen molar-refractivity contribution in [2.24, 2.45) is 0 Å². The molecule has 0 bridgehead atoms. The second-order valence-corrected chi connectivity index (χ2v) is 5.96. The molecule has 21 heavy (non-hydrogen) atoms. The number of aliphatic hydroxyl groups is 1. The Hall–Kier alpha value is -1.01. The maximum atomic E-state index is 9.89. The highest BCUT2D eigenvalue weighted by atomic mass is 79.9. The molecule has 1 aromatic carbocycles. The topological polar surface area (TPSA) is 54.4 Å². The van der Waals surface area contributed by atoms with Crippen LogP contribution in [0.1, 0.15) is 0 Å². The Balaban J connectivity index is 1.80. The van der Waals surface area contributed by atoms with Crippen LogP contribution in [0.15, 0.2) is 41.0 Å². The summed E-state index contributed by atoms with van der Waals surface area (Å²) in [4.78, 5) is 4.15. The van der Waals surface area contributed by atoms with Gasteiger partial charge in [-0.1, -0.05) is 29.3 Å². The highest BCUT2D eigenvalue weighted by molar-refractivity contribution is 9.10. The molecule has 2 N–H and O–H groups in total. The van der Waals surface area contributed by atoms with E-state index in [4.69, 9.17) is 27.9 Å². The van der Waals surface area contributed by atoms with E-state index in [2.05, 4.69) is 26.2 Å². The Labute approximate surface area is 141 Å². The lowest BCUT2D eigenvalue weighted by Crippen LogP contribution is -2.26. The summed E-state index contributed by atoms with van der Waals surface area (Å²) in [5, 5.41) is 13.7. The average molecular weight is 392 g/mol. The van der Waals surface area contributed by atoms with E-state index in [9.17, 15) is 5.11 Å². The number of aromatic nitrogens is 1. The van der Waals surface area contributed by atoms with Crippen LogP contribution in [0.4, 0.5) is 5.82 Å². The fourth-order valence-corrected chi connectivity index (χ4v) is 2.12. The minimum atomic E-state index is -0.703. The largest absolute Gasteiger partial charge is 0.489 e. The molecule has 2 aromatic rings. The zero-order chi connectivity index (χ0) is 15.2. The molecule has 0 saturated heterocycles. The van der Waals surface area contributed by atoms with Crippen molar-refractivity contribution in [3.63, 3.8) is 0 Å². The van der Waals surface area contributed by atoms with Gasteiger partial charge in [0.05, 0.1) is 5.02 Å². The van der Waals surface area contributed by atoms with Crippen LogP contribution < -0.4 is 10.1 Å². The van der Waals surface area contributed by atoms with Crippen molar-refractivity contribution in [1.29, 1.82) is 0 Å². The van der Waals surface area contributed by atoms with Crippen molar-refractivity contribution in [3.8, 4) is 5.75 Å². The first-order valence-electron chi connectivity index (χ1n) is 6.16. The molecule has 1 aromatic heterocycles. The molecule has 0 aliphatic heterocycles. The predicted octanol–water partition coefficient (Wildman–Crippen LogP) is 4.00. The quantitative estimate of drug-likeness (QED) is 0.781. The van der Waals surface area contributed by atoms with Crippen LogP contribution >= 0.6 is 39.1 Å². The molecule has 2 rings (SSSR count). The van der Waals surface area contributed by atoms with Gasteiger partial charge in [-0.05, 0) is 40.2 Å². The van der Waals surface area contributed by atoms with Gasteiger partial charge in [0, 0.05) is 17.2 Å². The number of rotatable bonds is 6. The van der Waals surface area contributed by atoms with Crippen molar-refractivity contribution in [2.45, 2.75) is 6.10 Å². The Kier molecular flexibility index (Phi) is 6.11. The van der Waals surface area contributed by atoms with Crippen LogP contribution in [0.3, 0.4) is 0 Å². The summed E-state index contributed by atoms with van der Waals surface area (Å²) in [7, 11) is 0. The van der Waals surface area contributed by atoms with E-state index in [1.807, 2.05) is 12.1 Å². The van der Waals surface area contributed by atoms with Gasteiger partial charge in [0.25, 0.3) is 0 Å². The predicted molar refractivity (Wildman–Crippen MR) is 88.4 cm³/mol. The van der Waals surface area contributed by atoms with E-state index in [0.717, 1.165) is 4.47 Å². The van der Waals surface area contributed by atoms with Crippen LogP contribution in [0, 0.1) is 0 Å². The lowest BCUT2D eigenvalue weighted by Gasteiger charge is -2.14. The number of aliphatic hydroxyl groups excluding tert-OH is 1. The van der Waals surface area contributed by atoms with Crippen molar-refractivity contribution >= 4 is 44.9 Å². The molecule has 0 saturated carbocycles. The van der Waals surface area contributed by atoms with Crippen molar-refractivity contribution in [2.75, 3.05) is 18.5 Å². The van der Waals surface area contributed by atoms with E-state index in [-0.39, 0.29) is 6.61 Å². The molecule has 0 spiro atoms. The van der Waals surface area contributed by atoms with Crippen molar-refractivity contribution in [3.05, 3.63) is 51.0 Å². The van der Waals surface area contributed by atoms with Gasteiger partial charge in [-0.25, -0.2) is 4.98 Å². The number of hydrogen-bond acceptors (Lipinski definition) is 4. The first-order valence-corrected chi connectivity index (χ1v) is 7.71. The van der Waals surface area contributed by atoms with Crippen LogP contribution in [-0.4, -0.2) is 29.3 Å². The maximum Gasteiger partial charge on any atom is 0.139 e. The van der Waals surface area contributed by atoms with Gasteiger partial charge in [0.2, 0.25) is 0 Å². The van der Waals surface area contributed by atoms with Gasteiger partial charge in [-0.15, -0.1) is 0 Å². The van der Waals surface area contributed by atoms with Crippen LogP contribution in [0.2, 0.25) is 10.0 Å². The summed E-state index contributed by atoms with van der Waals surface area (Å²) in [6.45, 7) is 0.413. The summed E-state index contributed by atoms with van der Waals surface area (Å²) < 4.78 is 6.35. The molecular weight excluding hydrogens is 379 g/mol. The molecule has 7 heteroatoms. The Bertz CT molecular complexity index is 596. The van der Waals surface area contributed by atoms with Crippen LogP contribution in [-0.2, 0) is 0 Å². The Morgan fingerprint density at radius 1 is 1.29 bits per heavy atom.